The Labute approximate surface area is 174 Å². The first-order valence-corrected chi connectivity index (χ1v) is 10.6. The number of phenolic OH excluding ortho intramolecular Hbond substituents is 1. The SMILES string of the molecule is CCOCOc1c(C)c(C)c2c(c1C)CCC(C)(CC(C)c1ccc(O)cc1)O2. The van der Waals surface area contributed by atoms with Crippen molar-refractivity contribution in [2.24, 2.45) is 0 Å². The van der Waals surface area contributed by atoms with Crippen LogP contribution in [0.15, 0.2) is 24.3 Å². The Balaban J connectivity index is 1.83. The zero-order valence-corrected chi connectivity index (χ0v) is 18.6. The summed E-state index contributed by atoms with van der Waals surface area (Å²) in [6.45, 7) is 13.7. The maximum Gasteiger partial charge on any atom is 0.189 e. The van der Waals surface area contributed by atoms with E-state index in [1.165, 1.54) is 11.1 Å². The van der Waals surface area contributed by atoms with Crippen LogP contribution in [-0.2, 0) is 11.2 Å². The van der Waals surface area contributed by atoms with Crippen molar-refractivity contribution in [2.75, 3.05) is 13.4 Å². The molecule has 4 heteroatoms. The van der Waals surface area contributed by atoms with E-state index < -0.39 is 0 Å². The van der Waals surface area contributed by atoms with E-state index in [2.05, 4.69) is 34.6 Å². The molecule has 1 aliphatic rings. The summed E-state index contributed by atoms with van der Waals surface area (Å²) >= 11 is 0. The summed E-state index contributed by atoms with van der Waals surface area (Å²) in [5, 5.41) is 9.55. The topological polar surface area (TPSA) is 47.9 Å². The Hall–Kier alpha value is -2.20. The Kier molecular flexibility index (Phi) is 6.42. The third-order valence-corrected chi connectivity index (χ3v) is 6.25. The molecule has 0 radical (unpaired) electrons. The van der Waals surface area contributed by atoms with Crippen LogP contribution in [0.3, 0.4) is 0 Å². The molecule has 0 saturated carbocycles. The summed E-state index contributed by atoms with van der Waals surface area (Å²) in [5.74, 6) is 2.60. The van der Waals surface area contributed by atoms with Crippen LogP contribution in [0, 0.1) is 20.8 Å². The van der Waals surface area contributed by atoms with E-state index in [4.69, 9.17) is 14.2 Å². The Morgan fingerprint density at radius 1 is 1.10 bits per heavy atom. The van der Waals surface area contributed by atoms with Crippen molar-refractivity contribution in [3.8, 4) is 17.2 Å². The second kappa shape index (κ2) is 8.66. The minimum absolute atomic E-state index is 0.221. The van der Waals surface area contributed by atoms with E-state index in [-0.39, 0.29) is 12.4 Å². The van der Waals surface area contributed by atoms with Crippen LogP contribution < -0.4 is 9.47 Å². The zero-order chi connectivity index (χ0) is 21.2. The maximum absolute atomic E-state index is 9.55. The first-order valence-electron chi connectivity index (χ1n) is 10.6. The van der Waals surface area contributed by atoms with Crippen molar-refractivity contribution in [1.82, 2.24) is 0 Å². The Morgan fingerprint density at radius 3 is 2.45 bits per heavy atom. The van der Waals surface area contributed by atoms with E-state index in [1.807, 2.05) is 19.1 Å². The lowest BCUT2D eigenvalue weighted by atomic mass is 9.81. The molecule has 0 spiro atoms. The number of ether oxygens (including phenoxy) is 3. The lowest BCUT2D eigenvalue weighted by molar-refractivity contribution is 0.0206. The van der Waals surface area contributed by atoms with Gasteiger partial charge in [-0.2, -0.15) is 0 Å². The molecule has 2 unspecified atom stereocenters. The quantitative estimate of drug-likeness (QED) is 0.461. The Bertz CT molecular complexity index is 856. The normalized spacial score (nSPS) is 19.4. The summed E-state index contributed by atoms with van der Waals surface area (Å²) in [7, 11) is 0. The van der Waals surface area contributed by atoms with Gasteiger partial charge in [-0.3, -0.25) is 0 Å². The molecule has 0 aromatic heterocycles. The molecule has 0 bridgehead atoms. The summed E-state index contributed by atoms with van der Waals surface area (Å²) in [6, 6.07) is 7.51. The summed E-state index contributed by atoms with van der Waals surface area (Å²) in [4.78, 5) is 0. The van der Waals surface area contributed by atoms with Gasteiger partial charge in [0.25, 0.3) is 0 Å². The fourth-order valence-electron chi connectivity index (χ4n) is 4.39. The standard InChI is InChI=1S/C25H34O4/c1-7-27-15-28-23-17(3)18(4)24-22(19(23)5)12-13-25(6,29-24)14-16(2)20-8-10-21(26)11-9-20/h8-11,16,26H,7,12-15H2,1-6H3. The predicted octanol–water partition coefficient (Wildman–Crippen LogP) is 5.97. The average molecular weight is 399 g/mol. The van der Waals surface area contributed by atoms with Gasteiger partial charge in [0.2, 0.25) is 0 Å². The van der Waals surface area contributed by atoms with Gasteiger partial charge in [0.15, 0.2) is 6.79 Å². The van der Waals surface area contributed by atoms with Crippen molar-refractivity contribution < 1.29 is 19.3 Å². The van der Waals surface area contributed by atoms with Crippen molar-refractivity contribution in [1.29, 1.82) is 0 Å². The number of phenols is 1. The first-order chi connectivity index (χ1) is 13.8. The highest BCUT2D eigenvalue weighted by molar-refractivity contribution is 5.59. The average Bonchev–Trinajstić information content (AvgIpc) is 2.69. The summed E-state index contributed by atoms with van der Waals surface area (Å²) in [5.41, 5.74) is 5.70. The number of hydrogen-bond acceptors (Lipinski definition) is 4. The van der Waals surface area contributed by atoms with Crippen LogP contribution in [0.2, 0.25) is 0 Å². The van der Waals surface area contributed by atoms with E-state index in [9.17, 15) is 5.11 Å². The lowest BCUT2D eigenvalue weighted by Gasteiger charge is -2.39. The molecule has 0 fully saturated rings. The number of fused-ring (bicyclic) bond motifs is 1. The molecular formula is C25H34O4. The molecule has 0 amide bonds. The van der Waals surface area contributed by atoms with Crippen molar-refractivity contribution in [3.05, 3.63) is 52.1 Å². The smallest absolute Gasteiger partial charge is 0.189 e. The molecule has 1 heterocycles. The second-order valence-electron chi connectivity index (χ2n) is 8.52. The molecule has 0 aliphatic carbocycles. The van der Waals surface area contributed by atoms with Crippen LogP contribution in [0.25, 0.3) is 0 Å². The second-order valence-corrected chi connectivity index (χ2v) is 8.52. The van der Waals surface area contributed by atoms with Crippen LogP contribution in [0.5, 0.6) is 17.2 Å². The predicted molar refractivity (Wildman–Crippen MR) is 116 cm³/mol. The maximum atomic E-state index is 9.55. The fraction of sp³-hybridized carbons (Fsp3) is 0.520. The van der Waals surface area contributed by atoms with Crippen LogP contribution >= 0.6 is 0 Å². The van der Waals surface area contributed by atoms with E-state index >= 15 is 0 Å². The number of aromatic hydroxyl groups is 1. The molecule has 2 atom stereocenters. The highest BCUT2D eigenvalue weighted by atomic mass is 16.7. The molecule has 158 valence electrons. The van der Waals surface area contributed by atoms with Crippen molar-refractivity contribution in [2.45, 2.75) is 72.3 Å². The third-order valence-electron chi connectivity index (χ3n) is 6.25. The van der Waals surface area contributed by atoms with Gasteiger partial charge in [-0.1, -0.05) is 19.1 Å². The first kappa shape index (κ1) is 21.5. The van der Waals surface area contributed by atoms with Gasteiger partial charge >= 0.3 is 0 Å². The highest BCUT2D eigenvalue weighted by Gasteiger charge is 2.36. The molecular weight excluding hydrogens is 364 g/mol. The largest absolute Gasteiger partial charge is 0.508 e. The highest BCUT2D eigenvalue weighted by Crippen LogP contribution is 2.45. The molecule has 1 N–H and O–H groups in total. The van der Waals surface area contributed by atoms with Gasteiger partial charge in [0.05, 0.1) is 0 Å². The number of hydrogen-bond donors (Lipinski definition) is 1. The number of benzene rings is 2. The number of rotatable bonds is 7. The monoisotopic (exact) mass is 398 g/mol. The molecule has 0 saturated heterocycles. The minimum atomic E-state index is -0.221. The van der Waals surface area contributed by atoms with Gasteiger partial charge in [0.1, 0.15) is 22.8 Å². The van der Waals surface area contributed by atoms with E-state index in [0.717, 1.165) is 47.5 Å². The lowest BCUT2D eigenvalue weighted by Crippen LogP contribution is -2.38. The molecule has 2 aromatic rings. The van der Waals surface area contributed by atoms with Crippen LogP contribution in [0.4, 0.5) is 0 Å². The van der Waals surface area contributed by atoms with E-state index in [1.54, 1.807) is 12.1 Å². The summed E-state index contributed by atoms with van der Waals surface area (Å²) in [6.07, 6.45) is 2.88. The van der Waals surface area contributed by atoms with Gasteiger partial charge in [-0.25, -0.2) is 0 Å². The molecule has 2 aromatic carbocycles. The molecule has 29 heavy (non-hydrogen) atoms. The van der Waals surface area contributed by atoms with Gasteiger partial charge in [-0.15, -0.1) is 0 Å². The van der Waals surface area contributed by atoms with E-state index in [0.29, 0.717) is 18.3 Å². The molecule has 3 rings (SSSR count). The van der Waals surface area contributed by atoms with Crippen LogP contribution in [-0.4, -0.2) is 24.1 Å². The summed E-state index contributed by atoms with van der Waals surface area (Å²) < 4.78 is 18.0. The fourth-order valence-corrected chi connectivity index (χ4v) is 4.39. The Morgan fingerprint density at radius 2 is 1.79 bits per heavy atom. The van der Waals surface area contributed by atoms with Crippen LogP contribution in [0.1, 0.15) is 67.3 Å². The van der Waals surface area contributed by atoms with Crippen molar-refractivity contribution >= 4 is 0 Å². The zero-order valence-electron chi connectivity index (χ0n) is 18.6. The van der Waals surface area contributed by atoms with Crippen molar-refractivity contribution in [3.63, 3.8) is 0 Å². The molecule has 4 nitrogen and oxygen atoms in total. The van der Waals surface area contributed by atoms with Gasteiger partial charge in [-0.05, 0) is 94.2 Å². The minimum Gasteiger partial charge on any atom is -0.508 e. The van der Waals surface area contributed by atoms with Gasteiger partial charge in [0, 0.05) is 12.2 Å². The third kappa shape index (κ3) is 4.53. The molecule has 1 aliphatic heterocycles. The van der Waals surface area contributed by atoms with Gasteiger partial charge < -0.3 is 19.3 Å².